The Hall–Kier alpha value is -2.80. The lowest BCUT2D eigenvalue weighted by atomic mass is 10.0. The molecule has 0 aliphatic rings. The number of benzene rings is 3. The molecule has 1 heterocycles. The normalized spacial score (nSPS) is 11.0. The highest BCUT2D eigenvalue weighted by atomic mass is 14.9. The van der Waals surface area contributed by atoms with Gasteiger partial charge in [0, 0.05) is 28.9 Å². The highest BCUT2D eigenvalue weighted by Gasteiger charge is 2.06. The monoisotopic (exact) mass is 283 g/mol. The van der Waals surface area contributed by atoms with Gasteiger partial charge in [-0.25, -0.2) is 0 Å². The van der Waals surface area contributed by atoms with E-state index in [4.69, 9.17) is 0 Å². The van der Waals surface area contributed by atoms with E-state index in [2.05, 4.69) is 96.7 Å². The number of hydrogen-bond acceptors (Lipinski definition) is 0. The summed E-state index contributed by atoms with van der Waals surface area (Å²) in [5.41, 5.74) is 5.02. The lowest BCUT2D eigenvalue weighted by Crippen LogP contribution is -1.88. The maximum absolute atomic E-state index is 2.22. The van der Waals surface area contributed by atoms with E-state index in [1.165, 1.54) is 33.2 Å². The maximum atomic E-state index is 2.22. The van der Waals surface area contributed by atoms with Crippen molar-refractivity contribution < 1.29 is 0 Å². The lowest BCUT2D eigenvalue weighted by Gasteiger charge is -2.03. The van der Waals surface area contributed by atoms with Crippen LogP contribution in [0, 0.1) is 6.92 Å². The molecule has 0 amide bonds. The minimum absolute atomic E-state index is 1.20. The number of nitrogens with zero attached hydrogens (tertiary/aromatic N) is 1. The van der Waals surface area contributed by atoms with Gasteiger partial charge in [0.15, 0.2) is 0 Å². The van der Waals surface area contributed by atoms with Crippen LogP contribution in [-0.4, -0.2) is 4.57 Å². The predicted octanol–water partition coefficient (Wildman–Crippen LogP) is 5.61. The highest BCUT2D eigenvalue weighted by Crippen LogP contribution is 2.30. The molecule has 0 aliphatic heterocycles. The van der Waals surface area contributed by atoms with Crippen LogP contribution in [0.15, 0.2) is 85.2 Å². The first kappa shape index (κ1) is 12.9. The minimum Gasteiger partial charge on any atom is -0.323 e. The van der Waals surface area contributed by atoms with Crippen molar-refractivity contribution in [3.05, 3.63) is 90.8 Å². The molecular formula is C21H17N. The summed E-state index contributed by atoms with van der Waals surface area (Å²) in [6.07, 6.45) is 4.43. The molecule has 0 bridgehead atoms. The van der Waals surface area contributed by atoms with Crippen molar-refractivity contribution in [1.82, 2.24) is 4.57 Å². The van der Waals surface area contributed by atoms with Crippen LogP contribution in [0.4, 0.5) is 0 Å². The van der Waals surface area contributed by atoms with Crippen LogP contribution in [0.2, 0.25) is 0 Å². The second-order valence-electron chi connectivity index (χ2n) is 5.68. The fourth-order valence-electron chi connectivity index (χ4n) is 2.90. The molecule has 106 valence electrons. The van der Waals surface area contributed by atoms with Crippen LogP contribution < -0.4 is 0 Å². The average molecular weight is 283 g/mol. The second kappa shape index (κ2) is 5.19. The summed E-state index contributed by atoms with van der Waals surface area (Å²) in [7, 11) is 0. The average Bonchev–Trinajstić information content (AvgIpc) is 3.00. The smallest absolute Gasteiger partial charge is 0.0450 e. The van der Waals surface area contributed by atoms with Gasteiger partial charge < -0.3 is 4.57 Å². The van der Waals surface area contributed by atoms with Gasteiger partial charge in [-0.3, -0.25) is 0 Å². The fourth-order valence-corrected chi connectivity index (χ4v) is 2.90. The summed E-state index contributed by atoms with van der Waals surface area (Å²) >= 11 is 0. The van der Waals surface area contributed by atoms with Gasteiger partial charge in [-0.2, -0.15) is 0 Å². The van der Waals surface area contributed by atoms with E-state index >= 15 is 0 Å². The Morgan fingerprint density at radius 3 is 2.23 bits per heavy atom. The highest BCUT2D eigenvalue weighted by molar-refractivity contribution is 5.96. The second-order valence-corrected chi connectivity index (χ2v) is 5.68. The van der Waals surface area contributed by atoms with Gasteiger partial charge in [0.2, 0.25) is 0 Å². The van der Waals surface area contributed by atoms with Crippen molar-refractivity contribution in [3.8, 4) is 16.8 Å². The van der Waals surface area contributed by atoms with Gasteiger partial charge in [0.25, 0.3) is 0 Å². The molecule has 0 atom stereocenters. The fraction of sp³-hybridized carbons (Fsp3) is 0.0476. The summed E-state index contributed by atoms with van der Waals surface area (Å²) < 4.78 is 2.20. The van der Waals surface area contributed by atoms with Crippen molar-refractivity contribution in [1.29, 1.82) is 0 Å². The first-order valence-electron chi connectivity index (χ1n) is 7.54. The molecule has 0 unspecified atom stereocenters. The molecule has 4 rings (SSSR count). The molecule has 3 aromatic carbocycles. The molecule has 4 aromatic rings. The summed E-state index contributed by atoms with van der Waals surface area (Å²) in [5, 5.41) is 2.55. The molecular weight excluding hydrogens is 266 g/mol. The Bertz CT molecular complexity index is 915. The van der Waals surface area contributed by atoms with Crippen molar-refractivity contribution >= 4 is 10.8 Å². The van der Waals surface area contributed by atoms with Crippen LogP contribution >= 0.6 is 0 Å². The maximum Gasteiger partial charge on any atom is 0.0450 e. The molecule has 1 heteroatoms. The largest absolute Gasteiger partial charge is 0.323 e. The first-order chi connectivity index (χ1) is 10.8. The summed E-state index contributed by atoms with van der Waals surface area (Å²) in [4.78, 5) is 0. The van der Waals surface area contributed by atoms with Gasteiger partial charge >= 0.3 is 0 Å². The van der Waals surface area contributed by atoms with Gasteiger partial charge in [-0.1, -0.05) is 66.2 Å². The van der Waals surface area contributed by atoms with Crippen molar-refractivity contribution in [2.75, 3.05) is 0 Å². The van der Waals surface area contributed by atoms with E-state index in [1.807, 2.05) is 0 Å². The molecule has 0 spiro atoms. The van der Waals surface area contributed by atoms with E-state index in [9.17, 15) is 0 Å². The van der Waals surface area contributed by atoms with Gasteiger partial charge in [-0.05, 0) is 30.2 Å². The Kier molecular flexibility index (Phi) is 3.05. The van der Waals surface area contributed by atoms with E-state index in [0.717, 1.165) is 0 Å². The number of fused-ring (bicyclic) bond motifs is 1. The van der Waals surface area contributed by atoms with Crippen LogP contribution in [0.1, 0.15) is 5.56 Å². The Balaban J connectivity index is 1.89. The Labute approximate surface area is 130 Å². The van der Waals surface area contributed by atoms with E-state index in [-0.39, 0.29) is 0 Å². The molecule has 22 heavy (non-hydrogen) atoms. The van der Waals surface area contributed by atoms with Crippen molar-refractivity contribution in [2.24, 2.45) is 0 Å². The van der Waals surface area contributed by atoms with E-state index in [1.54, 1.807) is 0 Å². The number of hydrogen-bond donors (Lipinski definition) is 0. The van der Waals surface area contributed by atoms with Crippen LogP contribution in [0.25, 0.3) is 27.6 Å². The number of aromatic nitrogens is 1. The minimum atomic E-state index is 1.20. The van der Waals surface area contributed by atoms with Crippen LogP contribution in [-0.2, 0) is 0 Å². The molecule has 1 aromatic heterocycles. The van der Waals surface area contributed by atoms with Crippen LogP contribution in [0.5, 0.6) is 0 Å². The summed E-state index contributed by atoms with van der Waals surface area (Å²) in [6.45, 7) is 2.11. The van der Waals surface area contributed by atoms with Crippen molar-refractivity contribution in [3.63, 3.8) is 0 Å². The number of aryl methyl sites for hydroxylation is 1. The molecule has 0 radical (unpaired) electrons. The van der Waals surface area contributed by atoms with Gasteiger partial charge in [-0.15, -0.1) is 0 Å². The zero-order valence-electron chi connectivity index (χ0n) is 12.5. The standard InChI is InChI=1S/C21H17N/c1-16-10-12-19(13-11-16)22-14-18-8-5-9-20(21(18)15-22)17-6-3-2-4-7-17/h2-15H,1H3. The molecule has 0 N–H and O–H groups in total. The first-order valence-corrected chi connectivity index (χ1v) is 7.54. The topological polar surface area (TPSA) is 4.93 Å². The Morgan fingerprint density at radius 1 is 0.682 bits per heavy atom. The molecule has 0 saturated heterocycles. The zero-order chi connectivity index (χ0) is 14.9. The van der Waals surface area contributed by atoms with Crippen molar-refractivity contribution in [2.45, 2.75) is 6.92 Å². The summed E-state index contributed by atoms with van der Waals surface area (Å²) in [5.74, 6) is 0. The quantitative estimate of drug-likeness (QED) is 0.451. The van der Waals surface area contributed by atoms with E-state index in [0.29, 0.717) is 0 Å². The molecule has 1 nitrogen and oxygen atoms in total. The van der Waals surface area contributed by atoms with Crippen LogP contribution in [0.3, 0.4) is 0 Å². The lowest BCUT2D eigenvalue weighted by molar-refractivity contribution is 1.09. The zero-order valence-corrected chi connectivity index (χ0v) is 12.5. The molecule has 0 saturated carbocycles. The van der Waals surface area contributed by atoms with Gasteiger partial charge in [0.05, 0.1) is 0 Å². The van der Waals surface area contributed by atoms with Gasteiger partial charge in [0.1, 0.15) is 0 Å². The Morgan fingerprint density at radius 2 is 1.45 bits per heavy atom. The summed E-state index contributed by atoms with van der Waals surface area (Å²) in [6, 6.07) is 25.7. The SMILES string of the molecule is Cc1ccc(-n2cc3cccc(-c4ccccc4)c3c2)cc1. The third-order valence-corrected chi connectivity index (χ3v) is 4.10. The molecule has 0 aliphatic carbocycles. The third-order valence-electron chi connectivity index (χ3n) is 4.10. The van der Waals surface area contributed by atoms with E-state index < -0.39 is 0 Å². The molecule has 0 fully saturated rings. The number of rotatable bonds is 2. The third kappa shape index (κ3) is 2.21. The predicted molar refractivity (Wildman–Crippen MR) is 93.4 cm³/mol.